The third-order valence-electron chi connectivity index (χ3n) is 4.13. The Morgan fingerprint density at radius 2 is 1.88 bits per heavy atom. The molecule has 1 amide bonds. The Hall–Kier alpha value is -2.33. The minimum absolute atomic E-state index is 0.0138. The second-order valence-corrected chi connectivity index (χ2v) is 6.55. The van der Waals surface area contributed by atoms with Gasteiger partial charge < -0.3 is 15.2 Å². The number of carbonyl (C=O) groups excluding carboxylic acids is 1. The van der Waals surface area contributed by atoms with Gasteiger partial charge in [-0.3, -0.25) is 4.79 Å². The summed E-state index contributed by atoms with van der Waals surface area (Å²) in [4.78, 5) is 12.1. The normalized spacial score (nSPS) is 13.1. The van der Waals surface area contributed by atoms with E-state index >= 15 is 0 Å². The van der Waals surface area contributed by atoms with Crippen LogP contribution in [-0.4, -0.2) is 30.3 Å². The van der Waals surface area contributed by atoms with E-state index in [1.165, 1.54) is 0 Å². The highest BCUT2D eigenvalue weighted by molar-refractivity contribution is 5.77. The minimum Gasteiger partial charge on any atom is -0.484 e. The molecular formula is C21H27NO3. The lowest BCUT2D eigenvalue weighted by atomic mass is 9.93. The monoisotopic (exact) mass is 341 g/mol. The number of aliphatic hydroxyl groups excluding tert-OH is 1. The summed E-state index contributed by atoms with van der Waals surface area (Å²) in [5, 5.41) is 12.6. The lowest BCUT2D eigenvalue weighted by molar-refractivity contribution is -0.123. The van der Waals surface area contributed by atoms with Crippen LogP contribution in [-0.2, 0) is 4.79 Å². The maximum Gasteiger partial charge on any atom is 0.257 e. The van der Waals surface area contributed by atoms with Gasteiger partial charge in [0.1, 0.15) is 5.75 Å². The number of nitrogens with one attached hydrogen (secondary N) is 1. The van der Waals surface area contributed by atoms with Crippen LogP contribution in [0.1, 0.15) is 36.0 Å². The van der Waals surface area contributed by atoms with Gasteiger partial charge in [-0.2, -0.15) is 0 Å². The van der Waals surface area contributed by atoms with Crippen molar-refractivity contribution in [3.8, 4) is 5.75 Å². The number of hydrogen-bond donors (Lipinski definition) is 2. The number of ether oxygens (including phenoxy) is 1. The first-order chi connectivity index (χ1) is 12.0. The minimum atomic E-state index is -0.423. The Labute approximate surface area is 149 Å². The van der Waals surface area contributed by atoms with Crippen molar-refractivity contribution in [3.05, 3.63) is 65.2 Å². The van der Waals surface area contributed by atoms with Gasteiger partial charge in [-0.15, -0.1) is 0 Å². The van der Waals surface area contributed by atoms with E-state index < -0.39 is 6.10 Å². The molecule has 2 aromatic rings. The quantitative estimate of drug-likeness (QED) is 0.774. The number of aliphatic hydroxyl groups is 1. The van der Waals surface area contributed by atoms with E-state index in [1.807, 2.05) is 62.4 Å². The topological polar surface area (TPSA) is 58.6 Å². The molecule has 0 fully saturated rings. The number of amides is 1. The van der Waals surface area contributed by atoms with Gasteiger partial charge in [-0.1, -0.05) is 48.0 Å². The molecule has 0 radical (unpaired) electrons. The Balaban J connectivity index is 1.88. The molecule has 0 aliphatic heterocycles. The Kier molecular flexibility index (Phi) is 7.02. The molecule has 0 aromatic heterocycles. The number of hydrogen-bond acceptors (Lipinski definition) is 3. The zero-order valence-electron chi connectivity index (χ0n) is 15.2. The van der Waals surface area contributed by atoms with Crippen molar-refractivity contribution in [2.75, 3.05) is 13.2 Å². The van der Waals surface area contributed by atoms with Gasteiger partial charge >= 0.3 is 0 Å². The SMILES string of the molecule is Cc1ccc(OCC(=O)NCC(CC(C)O)c2ccccc2)c(C)c1. The number of rotatable bonds is 8. The molecule has 0 aliphatic carbocycles. The third kappa shape index (κ3) is 6.24. The fourth-order valence-electron chi connectivity index (χ4n) is 2.87. The first-order valence-electron chi connectivity index (χ1n) is 8.65. The summed E-state index contributed by atoms with van der Waals surface area (Å²) in [7, 11) is 0. The molecule has 0 saturated heterocycles. The van der Waals surface area contributed by atoms with Gasteiger partial charge in [0.05, 0.1) is 6.10 Å². The van der Waals surface area contributed by atoms with Gasteiger partial charge in [0, 0.05) is 12.5 Å². The fourth-order valence-corrected chi connectivity index (χ4v) is 2.87. The average Bonchev–Trinajstić information content (AvgIpc) is 2.58. The van der Waals surface area contributed by atoms with E-state index in [-0.39, 0.29) is 18.4 Å². The van der Waals surface area contributed by atoms with E-state index in [0.717, 1.165) is 22.4 Å². The summed E-state index contributed by atoms with van der Waals surface area (Å²) in [5.74, 6) is 0.641. The number of benzene rings is 2. The zero-order valence-corrected chi connectivity index (χ0v) is 15.2. The summed E-state index contributed by atoms with van der Waals surface area (Å²) >= 11 is 0. The Bertz CT molecular complexity index is 683. The Morgan fingerprint density at radius 1 is 1.16 bits per heavy atom. The van der Waals surface area contributed by atoms with Gasteiger partial charge in [-0.05, 0) is 44.4 Å². The largest absolute Gasteiger partial charge is 0.484 e. The fraction of sp³-hybridized carbons (Fsp3) is 0.381. The van der Waals surface area contributed by atoms with Crippen LogP contribution in [0.2, 0.25) is 0 Å². The summed E-state index contributed by atoms with van der Waals surface area (Å²) in [5.41, 5.74) is 3.29. The molecule has 2 N–H and O–H groups in total. The summed E-state index contributed by atoms with van der Waals surface area (Å²) in [6, 6.07) is 15.8. The summed E-state index contributed by atoms with van der Waals surface area (Å²) in [6.07, 6.45) is 0.177. The molecule has 0 heterocycles. The second-order valence-electron chi connectivity index (χ2n) is 6.55. The first kappa shape index (κ1) is 19.0. The van der Waals surface area contributed by atoms with Crippen LogP contribution in [0.25, 0.3) is 0 Å². The molecule has 134 valence electrons. The molecule has 2 unspecified atom stereocenters. The van der Waals surface area contributed by atoms with Crippen LogP contribution in [0.3, 0.4) is 0 Å². The second kappa shape index (κ2) is 9.23. The van der Waals surface area contributed by atoms with E-state index in [9.17, 15) is 9.90 Å². The van der Waals surface area contributed by atoms with Crippen LogP contribution in [0.15, 0.2) is 48.5 Å². The van der Waals surface area contributed by atoms with Crippen LogP contribution in [0, 0.1) is 13.8 Å². The van der Waals surface area contributed by atoms with Crippen molar-refractivity contribution in [1.82, 2.24) is 5.32 Å². The van der Waals surface area contributed by atoms with Crippen LogP contribution < -0.4 is 10.1 Å². The molecule has 0 saturated carbocycles. The van der Waals surface area contributed by atoms with E-state index in [4.69, 9.17) is 4.74 Å². The van der Waals surface area contributed by atoms with Crippen LogP contribution >= 0.6 is 0 Å². The molecule has 4 heteroatoms. The highest BCUT2D eigenvalue weighted by atomic mass is 16.5. The molecule has 0 bridgehead atoms. The standard InChI is InChI=1S/C21H27NO3/c1-15-9-10-20(16(2)11-15)25-14-21(24)22-13-19(12-17(3)23)18-7-5-4-6-8-18/h4-11,17,19,23H,12-14H2,1-3H3,(H,22,24). The van der Waals surface area contributed by atoms with Crippen molar-refractivity contribution < 1.29 is 14.6 Å². The molecule has 25 heavy (non-hydrogen) atoms. The van der Waals surface area contributed by atoms with E-state index in [1.54, 1.807) is 6.92 Å². The summed E-state index contributed by atoms with van der Waals surface area (Å²) in [6.45, 7) is 6.22. The van der Waals surface area contributed by atoms with Gasteiger partial charge in [0.15, 0.2) is 6.61 Å². The maximum absolute atomic E-state index is 12.1. The van der Waals surface area contributed by atoms with E-state index in [0.29, 0.717) is 13.0 Å². The van der Waals surface area contributed by atoms with Gasteiger partial charge in [-0.25, -0.2) is 0 Å². The molecule has 4 nitrogen and oxygen atoms in total. The lowest BCUT2D eigenvalue weighted by Gasteiger charge is -2.20. The number of aryl methyl sites for hydroxylation is 2. The average molecular weight is 341 g/mol. The highest BCUT2D eigenvalue weighted by Gasteiger charge is 2.15. The summed E-state index contributed by atoms with van der Waals surface area (Å²) < 4.78 is 5.61. The van der Waals surface area contributed by atoms with Crippen molar-refractivity contribution in [2.24, 2.45) is 0 Å². The Morgan fingerprint density at radius 3 is 2.52 bits per heavy atom. The molecule has 2 aromatic carbocycles. The lowest BCUT2D eigenvalue weighted by Crippen LogP contribution is -2.33. The predicted molar refractivity (Wildman–Crippen MR) is 99.9 cm³/mol. The highest BCUT2D eigenvalue weighted by Crippen LogP contribution is 2.21. The molecule has 2 atom stereocenters. The first-order valence-corrected chi connectivity index (χ1v) is 8.65. The van der Waals surface area contributed by atoms with Gasteiger partial charge in [0.2, 0.25) is 0 Å². The van der Waals surface area contributed by atoms with Crippen molar-refractivity contribution >= 4 is 5.91 Å². The maximum atomic E-state index is 12.1. The molecule has 0 spiro atoms. The molecular weight excluding hydrogens is 314 g/mol. The zero-order chi connectivity index (χ0) is 18.2. The van der Waals surface area contributed by atoms with Crippen LogP contribution in [0.5, 0.6) is 5.75 Å². The van der Waals surface area contributed by atoms with E-state index in [2.05, 4.69) is 5.32 Å². The predicted octanol–water partition coefficient (Wildman–Crippen LogP) is 3.35. The third-order valence-corrected chi connectivity index (χ3v) is 4.13. The van der Waals surface area contributed by atoms with Crippen LogP contribution in [0.4, 0.5) is 0 Å². The van der Waals surface area contributed by atoms with Gasteiger partial charge in [0.25, 0.3) is 5.91 Å². The smallest absolute Gasteiger partial charge is 0.257 e. The van der Waals surface area contributed by atoms with Crippen molar-refractivity contribution in [3.63, 3.8) is 0 Å². The number of carbonyl (C=O) groups is 1. The molecule has 2 rings (SSSR count). The van der Waals surface area contributed by atoms with Crippen molar-refractivity contribution in [1.29, 1.82) is 0 Å². The molecule has 0 aliphatic rings. The van der Waals surface area contributed by atoms with Crippen molar-refractivity contribution in [2.45, 2.75) is 39.2 Å².